The van der Waals surface area contributed by atoms with Crippen LogP contribution >= 0.6 is 11.6 Å². The number of ether oxygens (including phenoxy) is 1. The predicted octanol–water partition coefficient (Wildman–Crippen LogP) is 3.92. The van der Waals surface area contributed by atoms with Gasteiger partial charge in [0.1, 0.15) is 11.5 Å². The molecule has 0 radical (unpaired) electrons. The molecule has 0 spiro atoms. The van der Waals surface area contributed by atoms with Crippen molar-refractivity contribution in [1.82, 2.24) is 0 Å². The molecule has 98 valence electrons. The van der Waals surface area contributed by atoms with Crippen LogP contribution in [-0.4, -0.2) is 18.0 Å². The summed E-state index contributed by atoms with van der Waals surface area (Å²) in [5, 5.41) is 10.2. The SMILES string of the molecule is CCOc1ccc(-c2ccc(C=O)c(O)c2)c(Cl)c1. The lowest BCUT2D eigenvalue weighted by molar-refractivity contribution is 0.112. The number of carbonyl (C=O) groups excluding carboxylic acids is 1. The minimum absolute atomic E-state index is 0.0579. The van der Waals surface area contributed by atoms with Gasteiger partial charge in [0, 0.05) is 5.56 Å². The molecule has 4 heteroatoms. The number of aldehydes is 1. The van der Waals surface area contributed by atoms with Crippen molar-refractivity contribution in [3.63, 3.8) is 0 Å². The molecule has 1 N–H and O–H groups in total. The molecular formula is C15H13ClO3. The van der Waals surface area contributed by atoms with E-state index in [0.29, 0.717) is 23.7 Å². The molecule has 0 unspecified atom stereocenters. The highest BCUT2D eigenvalue weighted by molar-refractivity contribution is 6.33. The Morgan fingerprint density at radius 1 is 1.26 bits per heavy atom. The van der Waals surface area contributed by atoms with Gasteiger partial charge in [0.25, 0.3) is 0 Å². The highest BCUT2D eigenvalue weighted by atomic mass is 35.5. The molecular weight excluding hydrogens is 264 g/mol. The van der Waals surface area contributed by atoms with Crippen molar-refractivity contribution >= 4 is 17.9 Å². The molecule has 2 rings (SSSR count). The van der Waals surface area contributed by atoms with Crippen LogP contribution in [0.5, 0.6) is 11.5 Å². The first-order valence-corrected chi connectivity index (χ1v) is 6.24. The lowest BCUT2D eigenvalue weighted by atomic mass is 10.0. The molecule has 0 aromatic heterocycles. The summed E-state index contributed by atoms with van der Waals surface area (Å²) >= 11 is 6.19. The van der Waals surface area contributed by atoms with Gasteiger partial charge >= 0.3 is 0 Å². The quantitative estimate of drug-likeness (QED) is 0.861. The molecule has 0 aliphatic rings. The second-order valence-corrected chi connectivity index (χ2v) is 4.37. The van der Waals surface area contributed by atoms with E-state index in [1.165, 1.54) is 6.07 Å². The third-order valence-corrected chi connectivity index (χ3v) is 3.03. The van der Waals surface area contributed by atoms with Crippen molar-refractivity contribution in [3.05, 3.63) is 47.0 Å². The fraction of sp³-hybridized carbons (Fsp3) is 0.133. The number of halogens is 1. The van der Waals surface area contributed by atoms with Crippen LogP contribution in [0.25, 0.3) is 11.1 Å². The second kappa shape index (κ2) is 5.76. The van der Waals surface area contributed by atoms with E-state index in [-0.39, 0.29) is 11.3 Å². The Morgan fingerprint density at radius 2 is 2.05 bits per heavy atom. The van der Waals surface area contributed by atoms with Gasteiger partial charge in [-0.05, 0) is 42.8 Å². The number of phenolic OH excluding ortho intramolecular Hbond substituents is 1. The summed E-state index contributed by atoms with van der Waals surface area (Å²) in [7, 11) is 0. The summed E-state index contributed by atoms with van der Waals surface area (Å²) in [4.78, 5) is 10.7. The van der Waals surface area contributed by atoms with Gasteiger partial charge in [-0.15, -0.1) is 0 Å². The number of phenols is 1. The van der Waals surface area contributed by atoms with Crippen LogP contribution in [0.4, 0.5) is 0 Å². The van der Waals surface area contributed by atoms with Crippen LogP contribution in [0.15, 0.2) is 36.4 Å². The van der Waals surface area contributed by atoms with Crippen molar-refractivity contribution in [2.45, 2.75) is 6.92 Å². The number of aromatic hydroxyl groups is 1. The Morgan fingerprint density at radius 3 is 2.63 bits per heavy atom. The summed E-state index contributed by atoms with van der Waals surface area (Å²) in [6, 6.07) is 10.2. The van der Waals surface area contributed by atoms with Crippen molar-refractivity contribution in [1.29, 1.82) is 0 Å². The Kier molecular flexibility index (Phi) is 4.07. The Bertz CT molecular complexity index is 608. The number of rotatable bonds is 4. The minimum Gasteiger partial charge on any atom is -0.507 e. The fourth-order valence-corrected chi connectivity index (χ4v) is 2.08. The third-order valence-electron chi connectivity index (χ3n) is 2.72. The van der Waals surface area contributed by atoms with E-state index in [0.717, 1.165) is 11.1 Å². The molecule has 2 aromatic rings. The second-order valence-electron chi connectivity index (χ2n) is 3.97. The molecule has 0 bridgehead atoms. The van der Waals surface area contributed by atoms with E-state index in [2.05, 4.69) is 0 Å². The molecule has 0 fully saturated rings. The van der Waals surface area contributed by atoms with Gasteiger partial charge in [0.15, 0.2) is 6.29 Å². The number of benzene rings is 2. The zero-order valence-corrected chi connectivity index (χ0v) is 11.1. The normalized spacial score (nSPS) is 10.2. The molecule has 0 amide bonds. The van der Waals surface area contributed by atoms with Gasteiger partial charge in [0.05, 0.1) is 17.2 Å². The first kappa shape index (κ1) is 13.4. The minimum atomic E-state index is -0.0579. The van der Waals surface area contributed by atoms with Crippen molar-refractivity contribution < 1.29 is 14.6 Å². The molecule has 0 aliphatic heterocycles. The van der Waals surface area contributed by atoms with E-state index < -0.39 is 0 Å². The Hall–Kier alpha value is -2.00. The Labute approximate surface area is 116 Å². The summed E-state index contributed by atoms with van der Waals surface area (Å²) in [5.41, 5.74) is 1.78. The van der Waals surface area contributed by atoms with E-state index in [9.17, 15) is 9.90 Å². The molecule has 2 aromatic carbocycles. The van der Waals surface area contributed by atoms with Gasteiger partial charge in [-0.2, -0.15) is 0 Å². The molecule has 3 nitrogen and oxygen atoms in total. The van der Waals surface area contributed by atoms with Crippen LogP contribution < -0.4 is 4.74 Å². The van der Waals surface area contributed by atoms with Gasteiger partial charge < -0.3 is 9.84 Å². The third kappa shape index (κ3) is 2.88. The summed E-state index contributed by atoms with van der Waals surface area (Å²) in [6.07, 6.45) is 0.610. The first-order valence-electron chi connectivity index (χ1n) is 5.86. The van der Waals surface area contributed by atoms with E-state index >= 15 is 0 Å². The van der Waals surface area contributed by atoms with Crippen LogP contribution in [0.3, 0.4) is 0 Å². The molecule has 0 saturated heterocycles. The summed E-state index contributed by atoms with van der Waals surface area (Å²) in [5.74, 6) is 0.641. The van der Waals surface area contributed by atoms with Crippen LogP contribution in [0.2, 0.25) is 5.02 Å². The van der Waals surface area contributed by atoms with Crippen LogP contribution in [0.1, 0.15) is 17.3 Å². The average molecular weight is 277 g/mol. The topological polar surface area (TPSA) is 46.5 Å². The maximum absolute atomic E-state index is 10.7. The maximum atomic E-state index is 10.7. The number of hydrogen-bond donors (Lipinski definition) is 1. The van der Waals surface area contributed by atoms with Gasteiger partial charge in [-0.1, -0.05) is 17.7 Å². The van der Waals surface area contributed by atoms with Crippen LogP contribution in [0, 0.1) is 0 Å². The first-order chi connectivity index (χ1) is 9.15. The highest BCUT2D eigenvalue weighted by Gasteiger charge is 2.08. The van der Waals surface area contributed by atoms with Gasteiger partial charge in [0.2, 0.25) is 0 Å². The predicted molar refractivity (Wildman–Crippen MR) is 75.1 cm³/mol. The Balaban J connectivity index is 2.41. The monoisotopic (exact) mass is 276 g/mol. The zero-order valence-electron chi connectivity index (χ0n) is 10.4. The van der Waals surface area contributed by atoms with Gasteiger partial charge in [-0.3, -0.25) is 4.79 Å². The maximum Gasteiger partial charge on any atom is 0.153 e. The van der Waals surface area contributed by atoms with Crippen molar-refractivity contribution in [2.24, 2.45) is 0 Å². The zero-order chi connectivity index (χ0) is 13.8. The van der Waals surface area contributed by atoms with E-state index in [1.54, 1.807) is 18.2 Å². The standard InChI is InChI=1S/C15H13ClO3/c1-2-19-12-5-6-13(14(16)8-12)10-3-4-11(9-17)15(18)7-10/h3-9,18H,2H2,1H3. The van der Waals surface area contributed by atoms with Crippen molar-refractivity contribution in [2.75, 3.05) is 6.61 Å². The van der Waals surface area contributed by atoms with Gasteiger partial charge in [-0.25, -0.2) is 0 Å². The molecule has 0 atom stereocenters. The van der Waals surface area contributed by atoms with Crippen molar-refractivity contribution in [3.8, 4) is 22.6 Å². The molecule has 19 heavy (non-hydrogen) atoms. The molecule has 0 aliphatic carbocycles. The summed E-state index contributed by atoms with van der Waals surface area (Å²) in [6.45, 7) is 2.47. The lowest BCUT2D eigenvalue weighted by Gasteiger charge is -2.09. The van der Waals surface area contributed by atoms with Crippen LogP contribution in [-0.2, 0) is 0 Å². The van der Waals surface area contributed by atoms with E-state index in [4.69, 9.17) is 16.3 Å². The smallest absolute Gasteiger partial charge is 0.153 e. The number of carbonyl (C=O) groups is 1. The van der Waals surface area contributed by atoms with E-state index in [1.807, 2.05) is 19.1 Å². The fourth-order valence-electron chi connectivity index (χ4n) is 1.80. The largest absolute Gasteiger partial charge is 0.507 e. The molecule has 0 saturated carbocycles. The summed E-state index contributed by atoms with van der Waals surface area (Å²) < 4.78 is 5.36. The lowest BCUT2D eigenvalue weighted by Crippen LogP contribution is -1.91. The average Bonchev–Trinajstić information content (AvgIpc) is 2.39. The number of hydrogen-bond acceptors (Lipinski definition) is 3. The highest BCUT2D eigenvalue weighted by Crippen LogP contribution is 2.33. The molecule has 0 heterocycles.